The van der Waals surface area contributed by atoms with E-state index >= 15 is 0 Å². The first-order valence-electron chi connectivity index (χ1n) is 10.1. The SMILES string of the molecule is Cc1cnc(Cn2ccc(C)c(C(=O)NCCCn3ccnc3C(C)C)c2=O)cn1. The summed E-state index contributed by atoms with van der Waals surface area (Å²) in [4.78, 5) is 38.4. The summed E-state index contributed by atoms with van der Waals surface area (Å²) in [5.74, 6) is 1.03. The molecule has 0 atom stereocenters. The molecule has 0 saturated carbocycles. The van der Waals surface area contributed by atoms with E-state index in [4.69, 9.17) is 0 Å². The van der Waals surface area contributed by atoms with Gasteiger partial charge in [0.2, 0.25) is 0 Å². The molecular formula is C22H28N6O2. The number of amides is 1. The maximum Gasteiger partial charge on any atom is 0.264 e. The molecule has 0 aromatic carbocycles. The number of hydrogen-bond acceptors (Lipinski definition) is 5. The van der Waals surface area contributed by atoms with Crippen molar-refractivity contribution in [3.63, 3.8) is 0 Å². The van der Waals surface area contributed by atoms with E-state index in [0.717, 1.165) is 24.5 Å². The van der Waals surface area contributed by atoms with Gasteiger partial charge in [-0.1, -0.05) is 13.8 Å². The van der Waals surface area contributed by atoms with Crippen molar-refractivity contribution in [1.82, 2.24) is 29.4 Å². The average molecular weight is 409 g/mol. The van der Waals surface area contributed by atoms with Crippen LogP contribution in [0.3, 0.4) is 0 Å². The predicted molar refractivity (Wildman–Crippen MR) is 115 cm³/mol. The fourth-order valence-corrected chi connectivity index (χ4v) is 3.29. The maximum atomic E-state index is 12.9. The van der Waals surface area contributed by atoms with Crippen molar-refractivity contribution in [2.24, 2.45) is 0 Å². The molecule has 8 heteroatoms. The van der Waals surface area contributed by atoms with Crippen molar-refractivity contribution in [2.75, 3.05) is 6.54 Å². The van der Waals surface area contributed by atoms with Gasteiger partial charge in [0.25, 0.3) is 11.5 Å². The summed E-state index contributed by atoms with van der Waals surface area (Å²) in [6.45, 7) is 9.34. The van der Waals surface area contributed by atoms with Crippen molar-refractivity contribution >= 4 is 5.91 Å². The number of carbonyl (C=O) groups is 1. The zero-order chi connectivity index (χ0) is 21.7. The molecule has 0 unspecified atom stereocenters. The van der Waals surface area contributed by atoms with E-state index in [0.29, 0.717) is 23.7 Å². The van der Waals surface area contributed by atoms with E-state index in [1.54, 1.807) is 37.8 Å². The number of nitrogens with zero attached hydrogens (tertiary/aromatic N) is 5. The summed E-state index contributed by atoms with van der Waals surface area (Å²) in [6, 6.07) is 1.78. The van der Waals surface area contributed by atoms with Gasteiger partial charge < -0.3 is 14.5 Å². The van der Waals surface area contributed by atoms with Gasteiger partial charge in [0.15, 0.2) is 0 Å². The third kappa shape index (κ3) is 5.00. The molecule has 8 nitrogen and oxygen atoms in total. The highest BCUT2D eigenvalue weighted by Gasteiger charge is 2.16. The molecule has 0 radical (unpaired) electrons. The van der Waals surface area contributed by atoms with Crippen molar-refractivity contribution in [2.45, 2.75) is 53.1 Å². The van der Waals surface area contributed by atoms with Crippen LogP contribution < -0.4 is 10.9 Å². The number of carbonyl (C=O) groups excluding carboxylic acids is 1. The van der Waals surface area contributed by atoms with Crippen LogP contribution in [0.2, 0.25) is 0 Å². The zero-order valence-corrected chi connectivity index (χ0v) is 17.9. The lowest BCUT2D eigenvalue weighted by atomic mass is 10.1. The minimum atomic E-state index is -0.350. The second kappa shape index (κ2) is 9.47. The molecular weight excluding hydrogens is 380 g/mol. The van der Waals surface area contributed by atoms with Gasteiger partial charge in [-0.2, -0.15) is 0 Å². The minimum Gasteiger partial charge on any atom is -0.352 e. The van der Waals surface area contributed by atoms with Crippen LogP contribution in [0.4, 0.5) is 0 Å². The molecule has 1 amide bonds. The Morgan fingerprint density at radius 1 is 1.10 bits per heavy atom. The molecule has 0 bridgehead atoms. The molecule has 3 aromatic heterocycles. The van der Waals surface area contributed by atoms with Gasteiger partial charge >= 0.3 is 0 Å². The first-order valence-corrected chi connectivity index (χ1v) is 10.1. The highest BCUT2D eigenvalue weighted by molar-refractivity contribution is 5.95. The summed E-state index contributed by atoms with van der Waals surface area (Å²) in [7, 11) is 0. The van der Waals surface area contributed by atoms with E-state index < -0.39 is 0 Å². The quantitative estimate of drug-likeness (QED) is 0.578. The highest BCUT2D eigenvalue weighted by atomic mass is 16.2. The Balaban J connectivity index is 1.64. The highest BCUT2D eigenvalue weighted by Crippen LogP contribution is 2.12. The standard InChI is InChI=1S/C22H28N6O2/c1-15(2)20-23-8-11-27(20)9-5-7-24-21(29)19-16(3)6-10-28(22(19)30)14-18-13-25-17(4)12-26-18/h6,8,10-13,15H,5,7,9,14H2,1-4H3,(H,24,29). The third-order valence-electron chi connectivity index (χ3n) is 4.89. The fourth-order valence-electron chi connectivity index (χ4n) is 3.29. The lowest BCUT2D eigenvalue weighted by Gasteiger charge is -2.12. The molecule has 0 aliphatic carbocycles. The molecule has 0 fully saturated rings. The summed E-state index contributed by atoms with van der Waals surface area (Å²) in [6.07, 6.45) is 9.48. The Hall–Kier alpha value is -3.29. The monoisotopic (exact) mass is 408 g/mol. The van der Waals surface area contributed by atoms with Crippen LogP contribution in [0, 0.1) is 13.8 Å². The van der Waals surface area contributed by atoms with Crippen molar-refractivity contribution < 1.29 is 4.79 Å². The van der Waals surface area contributed by atoms with Crippen LogP contribution in [-0.4, -0.2) is 36.5 Å². The van der Waals surface area contributed by atoms with Crippen molar-refractivity contribution in [1.29, 1.82) is 0 Å². The Bertz CT molecular complexity index is 1070. The van der Waals surface area contributed by atoms with Gasteiger partial charge in [-0.05, 0) is 31.9 Å². The lowest BCUT2D eigenvalue weighted by Crippen LogP contribution is -2.35. The fraction of sp³-hybridized carbons (Fsp3) is 0.409. The maximum absolute atomic E-state index is 12.9. The van der Waals surface area contributed by atoms with Crippen LogP contribution >= 0.6 is 0 Å². The van der Waals surface area contributed by atoms with E-state index in [1.807, 2.05) is 13.1 Å². The van der Waals surface area contributed by atoms with E-state index in [-0.39, 0.29) is 23.6 Å². The van der Waals surface area contributed by atoms with E-state index in [2.05, 4.69) is 38.7 Å². The molecule has 158 valence electrons. The number of aryl methyl sites for hydroxylation is 3. The molecule has 0 aliphatic rings. The summed E-state index contributed by atoms with van der Waals surface area (Å²) in [5, 5.41) is 2.88. The first-order chi connectivity index (χ1) is 14.4. The molecule has 0 spiro atoms. The number of nitrogens with one attached hydrogen (secondary N) is 1. The molecule has 3 aromatic rings. The summed E-state index contributed by atoms with van der Waals surface area (Å²) >= 11 is 0. The number of aromatic nitrogens is 5. The third-order valence-corrected chi connectivity index (χ3v) is 4.89. The van der Waals surface area contributed by atoms with Gasteiger partial charge in [-0.3, -0.25) is 19.6 Å². The van der Waals surface area contributed by atoms with Crippen LogP contribution in [-0.2, 0) is 13.1 Å². The molecule has 0 aliphatic heterocycles. The topological polar surface area (TPSA) is 94.7 Å². The van der Waals surface area contributed by atoms with Gasteiger partial charge in [-0.15, -0.1) is 0 Å². The molecule has 0 saturated heterocycles. The van der Waals surface area contributed by atoms with Gasteiger partial charge in [0.1, 0.15) is 11.4 Å². The van der Waals surface area contributed by atoms with Crippen LogP contribution in [0.25, 0.3) is 0 Å². The van der Waals surface area contributed by atoms with Gasteiger partial charge in [0.05, 0.1) is 24.1 Å². The molecule has 3 heterocycles. The summed E-state index contributed by atoms with van der Waals surface area (Å²) < 4.78 is 3.59. The van der Waals surface area contributed by atoms with E-state index in [9.17, 15) is 9.59 Å². The normalized spacial score (nSPS) is 11.1. The summed E-state index contributed by atoms with van der Waals surface area (Å²) in [5.41, 5.74) is 1.97. The smallest absolute Gasteiger partial charge is 0.264 e. The zero-order valence-electron chi connectivity index (χ0n) is 17.9. The largest absolute Gasteiger partial charge is 0.352 e. The average Bonchev–Trinajstić information content (AvgIpc) is 3.18. The van der Waals surface area contributed by atoms with Crippen LogP contribution in [0.5, 0.6) is 0 Å². The number of rotatable bonds is 8. The lowest BCUT2D eigenvalue weighted by molar-refractivity contribution is 0.0950. The Morgan fingerprint density at radius 3 is 2.60 bits per heavy atom. The Labute approximate surface area is 176 Å². The number of hydrogen-bond donors (Lipinski definition) is 1. The van der Waals surface area contributed by atoms with Crippen molar-refractivity contribution in [3.8, 4) is 0 Å². The number of pyridine rings is 1. The predicted octanol–water partition coefficient (Wildman–Crippen LogP) is 2.44. The Kier molecular flexibility index (Phi) is 6.76. The van der Waals surface area contributed by atoms with Gasteiger partial charge in [0, 0.05) is 43.8 Å². The number of imidazole rings is 1. The van der Waals surface area contributed by atoms with Gasteiger partial charge in [-0.25, -0.2) is 4.98 Å². The Morgan fingerprint density at radius 2 is 1.90 bits per heavy atom. The van der Waals surface area contributed by atoms with Crippen LogP contribution in [0.15, 0.2) is 41.8 Å². The van der Waals surface area contributed by atoms with Crippen LogP contribution in [0.1, 0.15) is 59.3 Å². The van der Waals surface area contributed by atoms with Crippen molar-refractivity contribution in [3.05, 3.63) is 75.7 Å². The van der Waals surface area contributed by atoms with E-state index in [1.165, 1.54) is 4.57 Å². The second-order valence-electron chi connectivity index (χ2n) is 7.70. The molecule has 1 N–H and O–H groups in total. The second-order valence-corrected chi connectivity index (χ2v) is 7.70. The molecule has 30 heavy (non-hydrogen) atoms. The first kappa shape index (κ1) is 21.4. The minimum absolute atomic E-state index is 0.170. The molecule has 3 rings (SSSR count).